The molecule has 0 radical (unpaired) electrons. The van der Waals surface area contributed by atoms with Crippen LogP contribution in [0.15, 0.2) is 0 Å². The fraction of sp³-hybridized carbons (Fsp3) is 0.895. The Morgan fingerprint density at radius 1 is 0.970 bits per heavy atom. The van der Waals surface area contributed by atoms with Crippen molar-refractivity contribution in [1.29, 1.82) is 0 Å². The van der Waals surface area contributed by atoms with Crippen molar-refractivity contribution in [3.63, 3.8) is 0 Å². The van der Waals surface area contributed by atoms with Crippen LogP contribution in [-0.4, -0.2) is 70.5 Å². The van der Waals surface area contributed by atoms with Gasteiger partial charge >= 0.3 is 5.97 Å². The van der Waals surface area contributed by atoms with Crippen molar-refractivity contribution < 1.29 is 39.5 Å². The lowest BCUT2D eigenvalue weighted by Gasteiger charge is -2.32. The van der Waals surface area contributed by atoms with Gasteiger partial charge in [-0.05, 0) is 38.0 Å². The first-order valence-corrected chi connectivity index (χ1v) is 11.2. The number of rotatable bonds is 13. The molecule has 0 aromatic carbocycles. The number of carbonyl (C=O) groups excluding carboxylic acids is 1. The van der Waals surface area contributed by atoms with Crippen molar-refractivity contribution in [3.8, 4) is 0 Å². The molecule has 1 amide bonds. The van der Waals surface area contributed by atoms with E-state index in [1.54, 1.807) is 0 Å². The number of carboxylic acid groups (broad SMARTS) is 1. The van der Waals surface area contributed by atoms with Crippen molar-refractivity contribution in [2.75, 3.05) is 26.3 Å². The van der Waals surface area contributed by atoms with Crippen molar-refractivity contribution >= 4 is 11.9 Å². The minimum absolute atomic E-state index is 0.137. The number of carboxylic acids is 1. The summed E-state index contributed by atoms with van der Waals surface area (Å²) in [5.41, 5.74) is 2.73. The van der Waals surface area contributed by atoms with Crippen molar-refractivity contribution in [3.05, 3.63) is 20.2 Å². The Labute approximate surface area is 190 Å². The second kappa shape index (κ2) is 13.3. The molecule has 0 saturated heterocycles. The van der Waals surface area contributed by atoms with Gasteiger partial charge in [0.05, 0.1) is 25.0 Å². The Hall–Kier alpha value is -2.42. The first kappa shape index (κ1) is 26.8. The fourth-order valence-corrected chi connectivity index (χ4v) is 4.92. The quantitative estimate of drug-likeness (QED) is 0.126. The van der Waals surface area contributed by atoms with E-state index in [0.717, 1.165) is 0 Å². The van der Waals surface area contributed by atoms with Gasteiger partial charge in [0, 0.05) is 35.8 Å². The van der Waals surface area contributed by atoms with Gasteiger partial charge in [0.2, 0.25) is 18.0 Å². The number of nitro groups is 2. The number of hydrogen-bond acceptors (Lipinski definition) is 10. The highest BCUT2D eigenvalue weighted by molar-refractivity contribution is 5.85. The predicted octanol–water partition coefficient (Wildman–Crippen LogP) is 0.711. The van der Waals surface area contributed by atoms with Gasteiger partial charge in [-0.1, -0.05) is 0 Å². The van der Waals surface area contributed by atoms with Crippen LogP contribution in [0.5, 0.6) is 0 Å². The monoisotopic (exact) mass is 476 g/mol. The second-order valence-electron chi connectivity index (χ2n) is 8.61. The van der Waals surface area contributed by atoms with E-state index in [4.69, 9.17) is 10.1 Å². The first-order chi connectivity index (χ1) is 15.8. The zero-order chi connectivity index (χ0) is 24.4. The SMILES string of the molecule is O=C(NCCCNOCC1CCCC([N+](=O)[O-])C1COO)C1CCCC([N+](=O)[O-])C1C(=O)O. The van der Waals surface area contributed by atoms with Gasteiger partial charge in [0.1, 0.15) is 5.92 Å². The molecule has 6 unspecified atom stereocenters. The molecular formula is C19H32N4O10. The van der Waals surface area contributed by atoms with Crippen LogP contribution in [0.4, 0.5) is 0 Å². The number of aliphatic carboxylic acids is 1. The third kappa shape index (κ3) is 7.55. The van der Waals surface area contributed by atoms with Crippen LogP contribution >= 0.6 is 0 Å². The van der Waals surface area contributed by atoms with E-state index in [1.165, 1.54) is 0 Å². The molecule has 2 aliphatic carbocycles. The summed E-state index contributed by atoms with van der Waals surface area (Å²) in [6, 6.07) is -2.06. The normalized spacial score (nSPS) is 29.8. The molecular weight excluding hydrogens is 444 g/mol. The summed E-state index contributed by atoms with van der Waals surface area (Å²) >= 11 is 0. The molecule has 14 nitrogen and oxygen atoms in total. The van der Waals surface area contributed by atoms with E-state index in [2.05, 4.69) is 15.7 Å². The van der Waals surface area contributed by atoms with Crippen LogP contribution in [0, 0.1) is 43.9 Å². The first-order valence-electron chi connectivity index (χ1n) is 11.2. The van der Waals surface area contributed by atoms with E-state index in [-0.39, 0.29) is 37.0 Å². The second-order valence-corrected chi connectivity index (χ2v) is 8.61. The fourth-order valence-electron chi connectivity index (χ4n) is 4.92. The molecule has 2 fully saturated rings. The molecule has 2 rings (SSSR count). The number of hydroxylamine groups is 1. The van der Waals surface area contributed by atoms with Gasteiger partial charge in [0.15, 0.2) is 0 Å². The summed E-state index contributed by atoms with van der Waals surface area (Å²) in [5.74, 6) is -4.73. The molecule has 0 aromatic heterocycles. The van der Waals surface area contributed by atoms with Crippen LogP contribution in [0.1, 0.15) is 44.9 Å². The maximum Gasteiger partial charge on any atom is 0.314 e. The third-order valence-electron chi connectivity index (χ3n) is 6.62. The number of nitrogens with one attached hydrogen (secondary N) is 2. The minimum atomic E-state index is -1.34. The summed E-state index contributed by atoms with van der Waals surface area (Å²) in [6.07, 6.45) is 3.14. The topological polar surface area (TPSA) is 203 Å². The zero-order valence-corrected chi connectivity index (χ0v) is 18.3. The van der Waals surface area contributed by atoms with Crippen LogP contribution in [-0.2, 0) is 19.3 Å². The lowest BCUT2D eigenvalue weighted by molar-refractivity contribution is -0.541. The molecule has 0 aliphatic heterocycles. The van der Waals surface area contributed by atoms with Crippen LogP contribution in [0.3, 0.4) is 0 Å². The summed E-state index contributed by atoms with van der Waals surface area (Å²) in [4.78, 5) is 54.9. The number of hydrogen-bond donors (Lipinski definition) is 4. The molecule has 0 heterocycles. The van der Waals surface area contributed by atoms with E-state index >= 15 is 0 Å². The molecule has 6 atom stereocenters. The maximum atomic E-state index is 12.4. The van der Waals surface area contributed by atoms with Gasteiger partial charge in [0.25, 0.3) is 0 Å². The van der Waals surface area contributed by atoms with Gasteiger partial charge in [-0.15, -0.1) is 0 Å². The Kier molecular flexibility index (Phi) is 10.8. The number of amides is 1. The molecule has 0 aromatic rings. The predicted molar refractivity (Wildman–Crippen MR) is 111 cm³/mol. The largest absolute Gasteiger partial charge is 0.481 e. The zero-order valence-electron chi connectivity index (χ0n) is 18.3. The Morgan fingerprint density at radius 2 is 1.64 bits per heavy atom. The van der Waals surface area contributed by atoms with Crippen LogP contribution in [0.2, 0.25) is 0 Å². The molecule has 2 saturated carbocycles. The lowest BCUT2D eigenvalue weighted by Crippen LogP contribution is -2.48. The van der Waals surface area contributed by atoms with Crippen molar-refractivity contribution in [2.24, 2.45) is 23.7 Å². The van der Waals surface area contributed by atoms with Gasteiger partial charge in [-0.2, -0.15) is 0 Å². The molecule has 33 heavy (non-hydrogen) atoms. The average Bonchev–Trinajstić information content (AvgIpc) is 2.78. The van der Waals surface area contributed by atoms with Gasteiger partial charge < -0.3 is 15.3 Å². The molecule has 0 bridgehead atoms. The van der Waals surface area contributed by atoms with E-state index in [0.29, 0.717) is 45.1 Å². The molecule has 14 heteroatoms. The maximum absolute atomic E-state index is 12.4. The molecule has 0 spiro atoms. The summed E-state index contributed by atoms with van der Waals surface area (Å²) < 4.78 is 0. The van der Waals surface area contributed by atoms with Gasteiger partial charge in [-0.25, -0.2) is 10.4 Å². The molecule has 188 valence electrons. The Morgan fingerprint density at radius 3 is 2.27 bits per heavy atom. The summed E-state index contributed by atoms with van der Waals surface area (Å²) in [6.45, 7) is 0.656. The summed E-state index contributed by atoms with van der Waals surface area (Å²) in [5, 5.41) is 43.2. The van der Waals surface area contributed by atoms with E-state index in [9.17, 15) is 34.9 Å². The van der Waals surface area contributed by atoms with E-state index in [1.807, 2.05) is 0 Å². The minimum Gasteiger partial charge on any atom is -0.481 e. The highest BCUT2D eigenvalue weighted by Gasteiger charge is 2.48. The smallest absolute Gasteiger partial charge is 0.314 e. The highest BCUT2D eigenvalue weighted by atomic mass is 17.1. The number of carbonyl (C=O) groups is 2. The molecule has 4 N–H and O–H groups in total. The Balaban J connectivity index is 1.69. The Bertz CT molecular complexity index is 693. The standard InChI is InChI=1S/C19H32N4O10/c24-18(13-5-2-7-16(23(29)30)17(13)19(25)26)20-8-3-9-21-32-10-12-4-1-6-15(22(27)28)14(12)11-33-31/h12-17,21,31H,1-11H2,(H,20,24)(H,25,26). The summed E-state index contributed by atoms with van der Waals surface area (Å²) in [7, 11) is 0. The van der Waals surface area contributed by atoms with Gasteiger partial charge in [-0.3, -0.25) is 35.1 Å². The van der Waals surface area contributed by atoms with Crippen molar-refractivity contribution in [2.45, 2.75) is 57.0 Å². The van der Waals surface area contributed by atoms with Crippen molar-refractivity contribution in [1.82, 2.24) is 10.8 Å². The molecule has 2 aliphatic rings. The third-order valence-corrected chi connectivity index (χ3v) is 6.62. The van der Waals surface area contributed by atoms with Crippen LogP contribution in [0.25, 0.3) is 0 Å². The van der Waals surface area contributed by atoms with E-state index < -0.39 is 46.6 Å². The number of nitrogens with zero attached hydrogens (tertiary/aromatic N) is 2. The lowest BCUT2D eigenvalue weighted by atomic mass is 9.75. The highest BCUT2D eigenvalue weighted by Crippen LogP contribution is 2.33. The van der Waals surface area contributed by atoms with Crippen LogP contribution < -0.4 is 10.8 Å². The average molecular weight is 476 g/mol.